The number of nitrogen functional groups attached to an aromatic ring is 1. The Labute approximate surface area is 190 Å². The minimum absolute atomic E-state index is 0.0700. The second kappa shape index (κ2) is 8.68. The van der Waals surface area contributed by atoms with Gasteiger partial charge in [0.05, 0.1) is 32.7 Å². The fraction of sp³-hybridized carbons (Fsp3) is 0.350. The van der Waals surface area contributed by atoms with Crippen LogP contribution in [0.1, 0.15) is 39.1 Å². The van der Waals surface area contributed by atoms with Gasteiger partial charge in [-0.2, -0.15) is 0 Å². The third kappa shape index (κ3) is 5.31. The van der Waals surface area contributed by atoms with E-state index < -0.39 is 15.8 Å². The summed E-state index contributed by atoms with van der Waals surface area (Å²) < 4.78 is 42.2. The SMILES string of the molecule is CCCS(=O)(=O)Nc1cc(Cl)cc(-c2nc(C(C)(C)C)sc2-c2ccnc(N)n2)c1F. The van der Waals surface area contributed by atoms with E-state index in [1.54, 1.807) is 13.0 Å². The number of nitrogens with zero attached hydrogens (tertiary/aromatic N) is 3. The molecule has 0 radical (unpaired) electrons. The molecule has 0 amide bonds. The van der Waals surface area contributed by atoms with Crippen LogP contribution in [0.4, 0.5) is 16.0 Å². The Morgan fingerprint density at radius 3 is 2.58 bits per heavy atom. The standard InChI is InChI=1S/C20H23ClFN5O2S2/c1-5-8-31(28,29)27-14-10-11(21)9-12(15(14)22)16-17(13-6-7-24-19(23)25-13)30-18(26-16)20(2,3)4/h6-7,9-10,27H,5,8H2,1-4H3,(H2,23,24,25). The molecular weight excluding hydrogens is 461 g/mol. The van der Waals surface area contributed by atoms with Gasteiger partial charge in [-0.15, -0.1) is 11.3 Å². The van der Waals surface area contributed by atoms with Crippen LogP contribution in [0.15, 0.2) is 24.4 Å². The van der Waals surface area contributed by atoms with E-state index in [1.807, 2.05) is 20.8 Å². The molecule has 0 aliphatic carbocycles. The van der Waals surface area contributed by atoms with Gasteiger partial charge >= 0.3 is 0 Å². The smallest absolute Gasteiger partial charge is 0.232 e. The molecule has 7 nitrogen and oxygen atoms in total. The second-order valence-corrected chi connectivity index (χ2v) is 11.3. The van der Waals surface area contributed by atoms with Crippen molar-refractivity contribution in [1.82, 2.24) is 15.0 Å². The average Bonchev–Trinajstić information content (AvgIpc) is 3.09. The Bertz CT molecular complexity index is 1220. The zero-order valence-electron chi connectivity index (χ0n) is 17.5. The number of nitrogens with two attached hydrogens (primary N) is 1. The summed E-state index contributed by atoms with van der Waals surface area (Å²) in [6.45, 7) is 7.70. The molecule has 2 aromatic heterocycles. The van der Waals surface area contributed by atoms with Crippen LogP contribution in [0.3, 0.4) is 0 Å². The molecule has 0 spiro atoms. The number of sulfonamides is 1. The van der Waals surface area contributed by atoms with E-state index in [0.29, 0.717) is 22.7 Å². The highest BCUT2D eigenvalue weighted by Gasteiger charge is 2.27. The van der Waals surface area contributed by atoms with E-state index >= 15 is 4.39 Å². The summed E-state index contributed by atoms with van der Waals surface area (Å²) in [5, 5.41) is 0.922. The molecule has 3 aromatic rings. The Hall–Kier alpha value is -2.30. The maximum absolute atomic E-state index is 15.5. The van der Waals surface area contributed by atoms with E-state index in [4.69, 9.17) is 17.3 Å². The lowest BCUT2D eigenvalue weighted by molar-refractivity contribution is 0.585. The summed E-state index contributed by atoms with van der Waals surface area (Å²) in [6.07, 6.45) is 1.90. The quantitative estimate of drug-likeness (QED) is 0.505. The van der Waals surface area contributed by atoms with Gasteiger partial charge in [-0.05, 0) is 24.6 Å². The van der Waals surface area contributed by atoms with Gasteiger partial charge in [0.2, 0.25) is 16.0 Å². The van der Waals surface area contributed by atoms with Gasteiger partial charge in [0.1, 0.15) is 0 Å². The van der Waals surface area contributed by atoms with E-state index in [0.717, 1.165) is 5.01 Å². The Balaban J connectivity index is 2.24. The molecule has 0 aliphatic heterocycles. The second-order valence-electron chi connectivity index (χ2n) is 7.98. The molecule has 0 fully saturated rings. The average molecular weight is 484 g/mol. The van der Waals surface area contributed by atoms with Gasteiger partial charge in [0, 0.05) is 22.2 Å². The van der Waals surface area contributed by atoms with E-state index in [-0.39, 0.29) is 33.4 Å². The van der Waals surface area contributed by atoms with E-state index in [2.05, 4.69) is 19.7 Å². The fourth-order valence-electron chi connectivity index (χ4n) is 2.82. The van der Waals surface area contributed by atoms with Crippen LogP contribution in [-0.4, -0.2) is 29.1 Å². The molecule has 0 bridgehead atoms. The maximum Gasteiger partial charge on any atom is 0.232 e. The normalized spacial score (nSPS) is 12.2. The van der Waals surface area contributed by atoms with E-state index in [9.17, 15) is 8.42 Å². The zero-order valence-corrected chi connectivity index (χ0v) is 19.9. The number of aromatic nitrogens is 3. The third-order valence-electron chi connectivity index (χ3n) is 4.21. The summed E-state index contributed by atoms with van der Waals surface area (Å²) >= 11 is 7.59. The van der Waals surface area contributed by atoms with Crippen LogP contribution >= 0.6 is 22.9 Å². The minimum Gasteiger partial charge on any atom is -0.368 e. The van der Waals surface area contributed by atoms with Gasteiger partial charge in [-0.25, -0.2) is 27.8 Å². The number of rotatable bonds is 6. The van der Waals surface area contributed by atoms with Gasteiger partial charge in [0.25, 0.3) is 0 Å². The molecular formula is C20H23ClFN5O2S2. The van der Waals surface area contributed by atoms with Crippen LogP contribution < -0.4 is 10.5 Å². The molecule has 2 heterocycles. The summed E-state index contributed by atoms with van der Waals surface area (Å²) in [5.41, 5.74) is 6.08. The number of hydrogen-bond donors (Lipinski definition) is 2. The van der Waals surface area contributed by atoms with Gasteiger partial charge in [-0.3, -0.25) is 4.72 Å². The topological polar surface area (TPSA) is 111 Å². The first-order valence-electron chi connectivity index (χ1n) is 9.51. The lowest BCUT2D eigenvalue weighted by atomic mass is 9.98. The van der Waals surface area contributed by atoms with Crippen molar-refractivity contribution in [3.63, 3.8) is 0 Å². The summed E-state index contributed by atoms with van der Waals surface area (Å²) in [6, 6.07) is 4.32. The van der Waals surface area contributed by atoms with Crippen molar-refractivity contribution >= 4 is 44.6 Å². The van der Waals surface area contributed by atoms with Gasteiger partial charge < -0.3 is 5.73 Å². The lowest BCUT2D eigenvalue weighted by Gasteiger charge is -2.14. The maximum atomic E-state index is 15.5. The number of hydrogen-bond acceptors (Lipinski definition) is 7. The predicted molar refractivity (Wildman–Crippen MR) is 124 cm³/mol. The number of anilines is 2. The van der Waals surface area contributed by atoms with Crippen molar-refractivity contribution in [3.8, 4) is 21.8 Å². The number of benzene rings is 1. The third-order valence-corrected chi connectivity index (χ3v) is 7.40. The van der Waals surface area contributed by atoms with Crippen LogP contribution in [0.25, 0.3) is 21.8 Å². The van der Waals surface area contributed by atoms with Crippen molar-refractivity contribution in [2.75, 3.05) is 16.2 Å². The Morgan fingerprint density at radius 2 is 1.97 bits per heavy atom. The minimum atomic E-state index is -3.71. The van der Waals surface area contributed by atoms with Gasteiger partial charge in [-0.1, -0.05) is 39.3 Å². The molecule has 0 saturated carbocycles. The molecule has 0 atom stereocenters. The highest BCUT2D eigenvalue weighted by atomic mass is 35.5. The monoisotopic (exact) mass is 483 g/mol. The molecule has 3 N–H and O–H groups in total. The van der Waals surface area contributed by atoms with Gasteiger partial charge in [0.15, 0.2) is 5.82 Å². The van der Waals surface area contributed by atoms with Crippen molar-refractivity contribution in [2.45, 2.75) is 39.5 Å². The van der Waals surface area contributed by atoms with Crippen molar-refractivity contribution in [1.29, 1.82) is 0 Å². The summed E-state index contributed by atoms with van der Waals surface area (Å²) in [5.74, 6) is -0.822. The number of thiazole rings is 1. The number of halogens is 2. The predicted octanol–water partition coefficient (Wildman–Crippen LogP) is 5.09. The fourth-order valence-corrected chi connectivity index (χ4v) is 5.27. The molecule has 1 aromatic carbocycles. The van der Waals surface area contributed by atoms with Crippen LogP contribution in [-0.2, 0) is 15.4 Å². The van der Waals surface area contributed by atoms with Crippen molar-refractivity contribution in [3.05, 3.63) is 40.2 Å². The Morgan fingerprint density at radius 1 is 1.26 bits per heavy atom. The molecule has 166 valence electrons. The van der Waals surface area contributed by atoms with E-state index in [1.165, 1.54) is 29.7 Å². The van der Waals surface area contributed by atoms with Crippen LogP contribution in [0, 0.1) is 5.82 Å². The molecule has 3 rings (SSSR count). The van der Waals surface area contributed by atoms with Crippen molar-refractivity contribution < 1.29 is 12.8 Å². The largest absolute Gasteiger partial charge is 0.368 e. The first kappa shape index (κ1) is 23.4. The first-order valence-corrected chi connectivity index (χ1v) is 12.4. The summed E-state index contributed by atoms with van der Waals surface area (Å²) in [4.78, 5) is 13.4. The number of nitrogens with one attached hydrogen (secondary N) is 1. The highest BCUT2D eigenvalue weighted by molar-refractivity contribution is 7.92. The molecule has 0 unspecified atom stereocenters. The molecule has 0 saturated heterocycles. The first-order chi connectivity index (χ1) is 14.4. The Kier molecular flexibility index (Phi) is 6.54. The highest BCUT2D eigenvalue weighted by Crippen LogP contribution is 2.42. The van der Waals surface area contributed by atoms with Crippen LogP contribution in [0.5, 0.6) is 0 Å². The van der Waals surface area contributed by atoms with Crippen molar-refractivity contribution in [2.24, 2.45) is 0 Å². The molecule has 0 aliphatic rings. The molecule has 11 heteroatoms. The zero-order chi connectivity index (χ0) is 23.0. The molecule has 31 heavy (non-hydrogen) atoms. The van der Waals surface area contributed by atoms with Crippen LogP contribution in [0.2, 0.25) is 5.02 Å². The summed E-state index contributed by atoms with van der Waals surface area (Å²) in [7, 11) is -3.71. The lowest BCUT2D eigenvalue weighted by Crippen LogP contribution is -2.17.